The van der Waals surface area contributed by atoms with Crippen molar-refractivity contribution in [1.29, 1.82) is 0 Å². The molecule has 0 radical (unpaired) electrons. The van der Waals surface area contributed by atoms with E-state index in [1.54, 1.807) is 25.4 Å². The van der Waals surface area contributed by atoms with Gasteiger partial charge < -0.3 is 9.84 Å². The molecule has 0 saturated heterocycles. The topological polar surface area (TPSA) is 42.4 Å². The standard InChI is InChI=1S/C14H12F3NO2/c1-9(19)12-6-7-18-8-13(12)10-2-4-11(5-3-10)20-14(15,16)17/h2-9,19H,1H3. The molecule has 2 aromatic rings. The zero-order chi connectivity index (χ0) is 14.8. The average Bonchev–Trinajstić information content (AvgIpc) is 2.38. The summed E-state index contributed by atoms with van der Waals surface area (Å²) in [5.74, 6) is -0.288. The number of rotatable bonds is 3. The highest BCUT2D eigenvalue weighted by Crippen LogP contribution is 2.30. The molecule has 0 fully saturated rings. The van der Waals surface area contributed by atoms with Crippen molar-refractivity contribution in [2.75, 3.05) is 0 Å². The van der Waals surface area contributed by atoms with Crippen molar-refractivity contribution in [2.45, 2.75) is 19.4 Å². The van der Waals surface area contributed by atoms with Crippen molar-refractivity contribution < 1.29 is 23.0 Å². The Balaban J connectivity index is 2.31. The average molecular weight is 283 g/mol. The van der Waals surface area contributed by atoms with E-state index in [-0.39, 0.29) is 5.75 Å². The van der Waals surface area contributed by atoms with Crippen LogP contribution in [0.2, 0.25) is 0 Å². The van der Waals surface area contributed by atoms with E-state index in [9.17, 15) is 18.3 Å². The molecule has 0 bridgehead atoms. The Hall–Kier alpha value is -2.08. The van der Waals surface area contributed by atoms with E-state index in [0.29, 0.717) is 16.7 Å². The smallest absolute Gasteiger partial charge is 0.406 e. The Labute approximate surface area is 113 Å². The van der Waals surface area contributed by atoms with Gasteiger partial charge in [-0.2, -0.15) is 0 Å². The summed E-state index contributed by atoms with van der Waals surface area (Å²) < 4.78 is 40.0. The number of aliphatic hydroxyl groups excluding tert-OH is 1. The summed E-state index contributed by atoms with van der Waals surface area (Å²) in [7, 11) is 0. The number of hydrogen-bond acceptors (Lipinski definition) is 3. The molecular formula is C14H12F3NO2. The molecule has 1 aromatic carbocycles. The molecule has 0 aliphatic heterocycles. The number of pyridine rings is 1. The van der Waals surface area contributed by atoms with Crippen molar-refractivity contribution in [3.8, 4) is 16.9 Å². The van der Waals surface area contributed by atoms with E-state index in [1.807, 2.05) is 0 Å². The fourth-order valence-electron chi connectivity index (χ4n) is 1.85. The minimum Gasteiger partial charge on any atom is -0.406 e. The molecule has 6 heteroatoms. The number of aliphatic hydroxyl groups is 1. The van der Waals surface area contributed by atoms with Gasteiger partial charge in [0.15, 0.2) is 0 Å². The fourth-order valence-corrected chi connectivity index (χ4v) is 1.85. The maximum atomic E-state index is 12.1. The quantitative estimate of drug-likeness (QED) is 0.934. The Morgan fingerprint density at radius 3 is 2.35 bits per heavy atom. The molecular weight excluding hydrogens is 271 g/mol. The van der Waals surface area contributed by atoms with Gasteiger partial charge in [0, 0.05) is 18.0 Å². The first-order chi connectivity index (χ1) is 9.37. The van der Waals surface area contributed by atoms with Crippen LogP contribution in [0, 0.1) is 0 Å². The lowest BCUT2D eigenvalue weighted by molar-refractivity contribution is -0.274. The molecule has 20 heavy (non-hydrogen) atoms. The van der Waals surface area contributed by atoms with Crippen molar-refractivity contribution >= 4 is 0 Å². The Bertz CT molecular complexity index is 580. The first kappa shape index (κ1) is 14.3. The van der Waals surface area contributed by atoms with Crippen LogP contribution in [0.1, 0.15) is 18.6 Å². The van der Waals surface area contributed by atoms with E-state index in [1.165, 1.54) is 24.3 Å². The summed E-state index contributed by atoms with van der Waals surface area (Å²) in [6.45, 7) is 1.61. The van der Waals surface area contributed by atoms with Gasteiger partial charge in [0.05, 0.1) is 6.10 Å². The number of halogens is 3. The third-order valence-electron chi connectivity index (χ3n) is 2.70. The van der Waals surface area contributed by atoms with Crippen molar-refractivity contribution in [2.24, 2.45) is 0 Å². The zero-order valence-corrected chi connectivity index (χ0v) is 10.6. The molecule has 2 rings (SSSR count). The van der Waals surface area contributed by atoms with Crippen LogP contribution in [0.4, 0.5) is 13.2 Å². The molecule has 106 valence electrons. The van der Waals surface area contributed by atoms with Gasteiger partial charge in [-0.05, 0) is 36.2 Å². The highest BCUT2D eigenvalue weighted by Gasteiger charge is 2.30. The van der Waals surface area contributed by atoms with E-state index in [0.717, 1.165) is 0 Å². The number of ether oxygens (including phenoxy) is 1. The molecule has 0 amide bonds. The first-order valence-electron chi connectivity index (χ1n) is 5.85. The van der Waals surface area contributed by atoms with Crippen LogP contribution in [0.3, 0.4) is 0 Å². The minimum absolute atomic E-state index is 0.288. The number of aromatic nitrogens is 1. The van der Waals surface area contributed by atoms with Crippen LogP contribution in [0.5, 0.6) is 5.75 Å². The van der Waals surface area contributed by atoms with Crippen LogP contribution in [0.15, 0.2) is 42.7 Å². The largest absolute Gasteiger partial charge is 0.573 e. The zero-order valence-electron chi connectivity index (χ0n) is 10.6. The van der Waals surface area contributed by atoms with Crippen molar-refractivity contribution in [3.05, 3.63) is 48.3 Å². The van der Waals surface area contributed by atoms with Gasteiger partial charge in [-0.1, -0.05) is 12.1 Å². The summed E-state index contributed by atoms with van der Waals surface area (Å²) in [5, 5.41) is 9.67. The molecule has 1 heterocycles. The molecule has 1 atom stereocenters. The monoisotopic (exact) mass is 283 g/mol. The Morgan fingerprint density at radius 2 is 1.80 bits per heavy atom. The second-order valence-corrected chi connectivity index (χ2v) is 4.21. The summed E-state index contributed by atoms with van der Waals surface area (Å²) in [5.41, 5.74) is 1.98. The lowest BCUT2D eigenvalue weighted by Gasteiger charge is -2.12. The number of hydrogen-bond donors (Lipinski definition) is 1. The second kappa shape index (κ2) is 5.50. The summed E-state index contributed by atoms with van der Waals surface area (Å²) in [4.78, 5) is 3.96. The Kier molecular flexibility index (Phi) is 3.94. The summed E-state index contributed by atoms with van der Waals surface area (Å²) >= 11 is 0. The molecule has 0 aliphatic carbocycles. The third-order valence-corrected chi connectivity index (χ3v) is 2.70. The highest BCUT2D eigenvalue weighted by molar-refractivity contribution is 5.67. The molecule has 0 aliphatic rings. The highest BCUT2D eigenvalue weighted by atomic mass is 19.4. The SMILES string of the molecule is CC(O)c1ccncc1-c1ccc(OC(F)(F)F)cc1. The lowest BCUT2D eigenvalue weighted by Crippen LogP contribution is -2.16. The van der Waals surface area contributed by atoms with Crippen LogP contribution in [-0.4, -0.2) is 16.5 Å². The minimum atomic E-state index is -4.71. The number of benzene rings is 1. The third kappa shape index (κ3) is 3.48. The van der Waals surface area contributed by atoms with Crippen LogP contribution >= 0.6 is 0 Å². The molecule has 0 saturated carbocycles. The first-order valence-corrected chi connectivity index (χ1v) is 5.85. The van der Waals surface area contributed by atoms with Gasteiger partial charge in [0.2, 0.25) is 0 Å². The van der Waals surface area contributed by atoms with Gasteiger partial charge in [-0.15, -0.1) is 13.2 Å². The van der Waals surface area contributed by atoms with Gasteiger partial charge in [-0.3, -0.25) is 4.98 Å². The number of nitrogens with zero attached hydrogens (tertiary/aromatic N) is 1. The summed E-state index contributed by atoms with van der Waals surface area (Å²) in [6, 6.07) is 7.09. The van der Waals surface area contributed by atoms with E-state index in [4.69, 9.17) is 0 Å². The normalized spacial score (nSPS) is 13.1. The van der Waals surface area contributed by atoms with E-state index in [2.05, 4.69) is 9.72 Å². The maximum absolute atomic E-state index is 12.1. The van der Waals surface area contributed by atoms with Gasteiger partial charge in [-0.25, -0.2) is 0 Å². The fraction of sp³-hybridized carbons (Fsp3) is 0.214. The molecule has 1 N–H and O–H groups in total. The summed E-state index contributed by atoms with van der Waals surface area (Å²) in [6.07, 6.45) is -2.30. The van der Waals surface area contributed by atoms with E-state index >= 15 is 0 Å². The van der Waals surface area contributed by atoms with Gasteiger partial charge >= 0.3 is 6.36 Å². The lowest BCUT2D eigenvalue weighted by atomic mass is 9.99. The molecule has 0 spiro atoms. The second-order valence-electron chi connectivity index (χ2n) is 4.21. The Morgan fingerprint density at radius 1 is 1.15 bits per heavy atom. The number of alkyl halides is 3. The van der Waals surface area contributed by atoms with E-state index < -0.39 is 12.5 Å². The predicted octanol–water partition coefficient (Wildman–Crippen LogP) is 3.70. The van der Waals surface area contributed by atoms with Crippen LogP contribution < -0.4 is 4.74 Å². The molecule has 3 nitrogen and oxygen atoms in total. The predicted molar refractivity (Wildman–Crippen MR) is 67.0 cm³/mol. The van der Waals surface area contributed by atoms with Gasteiger partial charge in [0.1, 0.15) is 5.75 Å². The molecule has 1 aromatic heterocycles. The van der Waals surface area contributed by atoms with Crippen molar-refractivity contribution in [3.63, 3.8) is 0 Å². The van der Waals surface area contributed by atoms with Crippen molar-refractivity contribution in [1.82, 2.24) is 4.98 Å². The van der Waals surface area contributed by atoms with Crippen LogP contribution in [0.25, 0.3) is 11.1 Å². The van der Waals surface area contributed by atoms with Gasteiger partial charge in [0.25, 0.3) is 0 Å². The molecule has 1 unspecified atom stereocenters. The van der Waals surface area contributed by atoms with Crippen LogP contribution in [-0.2, 0) is 0 Å². The maximum Gasteiger partial charge on any atom is 0.573 e.